The fraction of sp³-hybridized carbons (Fsp3) is 0.308. The van der Waals surface area contributed by atoms with Gasteiger partial charge in [-0.1, -0.05) is 0 Å². The molecule has 0 radical (unpaired) electrons. The topological polar surface area (TPSA) is 62.3 Å². The molecule has 0 saturated carbocycles. The molecule has 2 heterocycles. The number of aromatic nitrogens is 2. The van der Waals surface area contributed by atoms with Gasteiger partial charge < -0.3 is 15.2 Å². The zero-order valence-electron chi connectivity index (χ0n) is 10.5. The lowest BCUT2D eigenvalue weighted by Crippen LogP contribution is -2.15. The van der Waals surface area contributed by atoms with Gasteiger partial charge in [0.2, 0.25) is 0 Å². The van der Waals surface area contributed by atoms with Crippen LogP contribution in [0.5, 0.6) is 11.5 Å². The summed E-state index contributed by atoms with van der Waals surface area (Å²) in [6, 6.07) is 5.83. The molecule has 0 spiro atoms. The Morgan fingerprint density at radius 1 is 1.32 bits per heavy atom. The molecule has 100 valence electrons. The number of hydrogen-bond donors (Lipinski definition) is 1. The van der Waals surface area contributed by atoms with Gasteiger partial charge in [0, 0.05) is 19.2 Å². The Hall–Kier alpha value is -1.53. The quantitative estimate of drug-likeness (QED) is 0.919. The van der Waals surface area contributed by atoms with Crippen LogP contribution in [0, 0.1) is 0 Å². The highest BCUT2D eigenvalue weighted by molar-refractivity contribution is 9.10. The van der Waals surface area contributed by atoms with Crippen molar-refractivity contribution in [2.24, 2.45) is 12.8 Å². The molecule has 2 aromatic rings. The van der Waals surface area contributed by atoms with Gasteiger partial charge in [-0.15, -0.1) is 0 Å². The summed E-state index contributed by atoms with van der Waals surface area (Å²) in [5.74, 6) is 1.54. The lowest BCUT2D eigenvalue weighted by molar-refractivity contribution is 0.171. The first-order valence-electron chi connectivity index (χ1n) is 6.02. The number of hydrogen-bond acceptors (Lipinski definition) is 4. The van der Waals surface area contributed by atoms with Gasteiger partial charge in [0.25, 0.3) is 0 Å². The third-order valence-corrected chi connectivity index (χ3v) is 3.94. The Morgan fingerprint density at radius 2 is 2.05 bits per heavy atom. The standard InChI is InChI=1S/C13H14BrN3O2/c1-17-9(7-15)12(14)13(16-17)8-2-3-10-11(6-8)19-5-4-18-10/h2-3,6H,4-5,7,15H2,1H3. The molecular weight excluding hydrogens is 310 g/mol. The van der Waals surface area contributed by atoms with Crippen LogP contribution in [-0.2, 0) is 13.6 Å². The second kappa shape index (κ2) is 4.86. The van der Waals surface area contributed by atoms with Crippen LogP contribution in [0.15, 0.2) is 22.7 Å². The second-order valence-electron chi connectivity index (χ2n) is 4.30. The summed E-state index contributed by atoms with van der Waals surface area (Å²) < 4.78 is 13.8. The fourth-order valence-corrected chi connectivity index (χ4v) is 2.86. The molecule has 0 amide bonds. The molecule has 1 aliphatic heterocycles. The summed E-state index contributed by atoms with van der Waals surface area (Å²) in [5.41, 5.74) is 8.52. The lowest BCUT2D eigenvalue weighted by Gasteiger charge is -2.18. The molecular formula is C13H14BrN3O2. The summed E-state index contributed by atoms with van der Waals surface area (Å²) in [7, 11) is 1.88. The Bertz CT molecular complexity index is 625. The molecule has 1 aromatic carbocycles. The highest BCUT2D eigenvalue weighted by Crippen LogP contribution is 2.37. The second-order valence-corrected chi connectivity index (χ2v) is 5.09. The van der Waals surface area contributed by atoms with Crippen LogP contribution < -0.4 is 15.2 Å². The van der Waals surface area contributed by atoms with E-state index in [4.69, 9.17) is 15.2 Å². The number of ether oxygens (including phenoxy) is 2. The minimum atomic E-state index is 0.439. The molecule has 0 aliphatic carbocycles. The number of fused-ring (bicyclic) bond motifs is 1. The average molecular weight is 324 g/mol. The van der Waals surface area contributed by atoms with Crippen LogP contribution in [-0.4, -0.2) is 23.0 Å². The van der Waals surface area contributed by atoms with Crippen molar-refractivity contribution in [3.8, 4) is 22.8 Å². The summed E-state index contributed by atoms with van der Waals surface area (Å²) in [4.78, 5) is 0. The Morgan fingerprint density at radius 3 is 2.74 bits per heavy atom. The Kier molecular flexibility index (Phi) is 3.20. The number of halogens is 1. The van der Waals surface area contributed by atoms with Gasteiger partial charge >= 0.3 is 0 Å². The van der Waals surface area contributed by atoms with E-state index in [0.717, 1.165) is 32.9 Å². The Balaban J connectivity index is 2.07. The van der Waals surface area contributed by atoms with Crippen LogP contribution in [0.2, 0.25) is 0 Å². The predicted molar refractivity (Wildman–Crippen MR) is 75.2 cm³/mol. The van der Waals surface area contributed by atoms with Gasteiger partial charge in [0.05, 0.1) is 10.2 Å². The van der Waals surface area contributed by atoms with Crippen LogP contribution in [0.25, 0.3) is 11.3 Å². The van der Waals surface area contributed by atoms with Gasteiger partial charge in [0.15, 0.2) is 11.5 Å². The van der Waals surface area contributed by atoms with E-state index < -0.39 is 0 Å². The molecule has 19 heavy (non-hydrogen) atoms. The van der Waals surface area contributed by atoms with Crippen molar-refractivity contribution in [3.63, 3.8) is 0 Å². The molecule has 6 heteroatoms. The minimum Gasteiger partial charge on any atom is -0.486 e. The smallest absolute Gasteiger partial charge is 0.162 e. The first-order valence-corrected chi connectivity index (χ1v) is 6.81. The van der Waals surface area contributed by atoms with Crippen molar-refractivity contribution in [2.45, 2.75) is 6.54 Å². The SMILES string of the molecule is Cn1nc(-c2ccc3c(c2)OCCO3)c(Br)c1CN. The maximum atomic E-state index is 5.72. The molecule has 3 rings (SSSR count). The molecule has 0 atom stereocenters. The monoisotopic (exact) mass is 323 g/mol. The van der Waals surface area contributed by atoms with E-state index in [0.29, 0.717) is 19.8 Å². The number of nitrogens with two attached hydrogens (primary N) is 1. The highest BCUT2D eigenvalue weighted by atomic mass is 79.9. The van der Waals surface area contributed by atoms with Crippen LogP contribution in [0.3, 0.4) is 0 Å². The number of benzene rings is 1. The van der Waals surface area contributed by atoms with Crippen molar-refractivity contribution in [1.29, 1.82) is 0 Å². The maximum absolute atomic E-state index is 5.72. The van der Waals surface area contributed by atoms with E-state index in [1.54, 1.807) is 4.68 Å². The number of nitrogens with zero attached hydrogens (tertiary/aromatic N) is 2. The van der Waals surface area contributed by atoms with Crippen molar-refractivity contribution >= 4 is 15.9 Å². The molecule has 0 fully saturated rings. The van der Waals surface area contributed by atoms with E-state index in [-0.39, 0.29) is 0 Å². The molecule has 1 aliphatic rings. The van der Waals surface area contributed by atoms with E-state index in [2.05, 4.69) is 21.0 Å². The van der Waals surface area contributed by atoms with Crippen molar-refractivity contribution < 1.29 is 9.47 Å². The number of aryl methyl sites for hydroxylation is 1. The largest absolute Gasteiger partial charge is 0.486 e. The van der Waals surface area contributed by atoms with Gasteiger partial charge in [-0.25, -0.2) is 0 Å². The van der Waals surface area contributed by atoms with Crippen molar-refractivity contribution in [3.05, 3.63) is 28.4 Å². The third kappa shape index (κ3) is 2.11. The lowest BCUT2D eigenvalue weighted by atomic mass is 10.1. The van der Waals surface area contributed by atoms with Gasteiger partial charge in [0.1, 0.15) is 18.9 Å². The normalized spacial score (nSPS) is 13.6. The van der Waals surface area contributed by atoms with Gasteiger partial charge in [-0.2, -0.15) is 5.10 Å². The zero-order valence-corrected chi connectivity index (χ0v) is 12.1. The summed E-state index contributed by atoms with van der Waals surface area (Å²) in [6.07, 6.45) is 0. The van der Waals surface area contributed by atoms with E-state index in [9.17, 15) is 0 Å². The first-order chi connectivity index (χ1) is 9.20. The molecule has 5 nitrogen and oxygen atoms in total. The summed E-state index contributed by atoms with van der Waals surface area (Å²) in [6.45, 7) is 1.61. The van der Waals surface area contributed by atoms with Gasteiger partial charge in [-0.3, -0.25) is 4.68 Å². The first kappa shape index (κ1) is 12.5. The average Bonchev–Trinajstić information content (AvgIpc) is 2.73. The van der Waals surface area contributed by atoms with Crippen LogP contribution in [0.1, 0.15) is 5.69 Å². The Labute approximate surface area is 119 Å². The van der Waals surface area contributed by atoms with E-state index in [1.807, 2.05) is 25.2 Å². The summed E-state index contributed by atoms with van der Waals surface area (Å²) in [5, 5.41) is 4.49. The third-order valence-electron chi connectivity index (χ3n) is 3.11. The fourth-order valence-electron chi connectivity index (χ4n) is 2.13. The van der Waals surface area contributed by atoms with E-state index in [1.165, 1.54) is 0 Å². The summed E-state index contributed by atoms with van der Waals surface area (Å²) >= 11 is 3.56. The van der Waals surface area contributed by atoms with Gasteiger partial charge in [-0.05, 0) is 34.1 Å². The maximum Gasteiger partial charge on any atom is 0.162 e. The minimum absolute atomic E-state index is 0.439. The predicted octanol–water partition coefficient (Wildman–Crippen LogP) is 2.08. The van der Waals surface area contributed by atoms with Crippen molar-refractivity contribution in [1.82, 2.24) is 9.78 Å². The molecule has 0 saturated heterocycles. The number of rotatable bonds is 2. The van der Waals surface area contributed by atoms with Crippen molar-refractivity contribution in [2.75, 3.05) is 13.2 Å². The van der Waals surface area contributed by atoms with Crippen LogP contribution >= 0.6 is 15.9 Å². The van der Waals surface area contributed by atoms with E-state index >= 15 is 0 Å². The zero-order chi connectivity index (χ0) is 13.4. The molecule has 2 N–H and O–H groups in total. The molecule has 0 unspecified atom stereocenters. The molecule has 1 aromatic heterocycles. The highest BCUT2D eigenvalue weighted by Gasteiger charge is 2.17. The van der Waals surface area contributed by atoms with Crippen LogP contribution in [0.4, 0.5) is 0 Å². The molecule has 0 bridgehead atoms.